The fourth-order valence-electron chi connectivity index (χ4n) is 2.89. The number of rotatable bonds is 9. The van der Waals surface area contributed by atoms with E-state index in [1.807, 2.05) is 0 Å². The number of carbonyl (C=O) groups excluding carboxylic acids is 1. The van der Waals surface area contributed by atoms with Crippen LogP contribution in [0, 0.1) is 0 Å². The molecule has 1 aliphatic carbocycles. The zero-order valence-electron chi connectivity index (χ0n) is 14.3. The smallest absolute Gasteiger partial charge is 0.236 e. The van der Waals surface area contributed by atoms with Crippen molar-refractivity contribution in [2.45, 2.75) is 58.4 Å². The summed E-state index contributed by atoms with van der Waals surface area (Å²) in [6.45, 7) is 5.51. The number of sulfonamides is 1. The van der Waals surface area contributed by atoms with Crippen LogP contribution in [-0.4, -0.2) is 56.6 Å². The van der Waals surface area contributed by atoms with Crippen LogP contribution in [0.4, 0.5) is 0 Å². The summed E-state index contributed by atoms with van der Waals surface area (Å²) in [5, 5.41) is 6.14. The Kier molecular flexibility index (Phi) is 11.9. The SMILES string of the molecule is CCN(CC)S(=O)(=O)CC(=O)NCCNC1CCCCCC1.Cl. The van der Waals surface area contributed by atoms with E-state index in [9.17, 15) is 13.2 Å². The second-order valence-electron chi connectivity index (χ2n) is 5.83. The first kappa shape index (κ1) is 22.6. The van der Waals surface area contributed by atoms with Crippen LogP contribution in [0.3, 0.4) is 0 Å². The number of nitrogens with zero attached hydrogens (tertiary/aromatic N) is 1. The van der Waals surface area contributed by atoms with Gasteiger partial charge in [-0.25, -0.2) is 12.7 Å². The van der Waals surface area contributed by atoms with E-state index in [-0.39, 0.29) is 12.4 Å². The third kappa shape index (κ3) is 8.88. The molecule has 0 saturated heterocycles. The summed E-state index contributed by atoms with van der Waals surface area (Å²) in [6, 6.07) is 0.541. The maximum Gasteiger partial charge on any atom is 0.236 e. The molecule has 0 aromatic heterocycles. The first-order valence-corrected chi connectivity index (χ1v) is 10.1. The topological polar surface area (TPSA) is 78.5 Å². The third-order valence-corrected chi connectivity index (χ3v) is 6.08. The number of halogens is 1. The molecule has 23 heavy (non-hydrogen) atoms. The minimum atomic E-state index is -3.48. The summed E-state index contributed by atoms with van der Waals surface area (Å²) >= 11 is 0. The summed E-state index contributed by atoms with van der Waals surface area (Å²) in [7, 11) is -3.48. The molecule has 0 atom stereocenters. The molecule has 0 heterocycles. The molecule has 1 fully saturated rings. The highest BCUT2D eigenvalue weighted by atomic mass is 35.5. The van der Waals surface area contributed by atoms with Crippen LogP contribution in [0.2, 0.25) is 0 Å². The number of hydrogen-bond donors (Lipinski definition) is 2. The molecular formula is C15H32ClN3O3S. The monoisotopic (exact) mass is 369 g/mol. The summed E-state index contributed by atoms with van der Waals surface area (Å²) in [5.41, 5.74) is 0. The molecule has 1 saturated carbocycles. The Labute approximate surface area is 147 Å². The standard InChI is InChI=1S/C15H31N3O3S.ClH/c1-3-18(4-2)22(20,21)13-15(19)17-12-11-16-14-9-7-5-6-8-10-14;/h14,16H,3-13H2,1-2H3,(H,17,19);1H. The fourth-order valence-corrected chi connectivity index (χ4v) is 4.29. The van der Waals surface area contributed by atoms with E-state index < -0.39 is 21.7 Å². The van der Waals surface area contributed by atoms with Gasteiger partial charge in [0.2, 0.25) is 15.9 Å². The second-order valence-corrected chi connectivity index (χ2v) is 7.80. The highest BCUT2D eigenvalue weighted by Crippen LogP contribution is 2.16. The molecule has 0 bridgehead atoms. The summed E-state index contributed by atoms with van der Waals surface area (Å²) < 4.78 is 25.3. The minimum Gasteiger partial charge on any atom is -0.354 e. The largest absolute Gasteiger partial charge is 0.354 e. The van der Waals surface area contributed by atoms with E-state index in [0.717, 1.165) is 0 Å². The Balaban J connectivity index is 0.00000484. The van der Waals surface area contributed by atoms with Gasteiger partial charge in [-0.3, -0.25) is 4.79 Å². The molecule has 2 N–H and O–H groups in total. The average Bonchev–Trinajstić information content (AvgIpc) is 2.72. The lowest BCUT2D eigenvalue weighted by atomic mass is 10.1. The van der Waals surface area contributed by atoms with E-state index in [1.54, 1.807) is 13.8 Å². The number of carbonyl (C=O) groups is 1. The number of nitrogens with one attached hydrogen (secondary N) is 2. The predicted molar refractivity (Wildman–Crippen MR) is 96.5 cm³/mol. The van der Waals surface area contributed by atoms with Gasteiger partial charge in [0.1, 0.15) is 5.75 Å². The first-order chi connectivity index (χ1) is 10.5. The predicted octanol–water partition coefficient (Wildman–Crippen LogP) is 1.51. The molecule has 0 unspecified atom stereocenters. The lowest BCUT2D eigenvalue weighted by Crippen LogP contribution is -2.42. The maximum atomic E-state index is 12.0. The summed E-state index contributed by atoms with van der Waals surface area (Å²) in [4.78, 5) is 11.8. The van der Waals surface area contributed by atoms with E-state index >= 15 is 0 Å². The van der Waals surface area contributed by atoms with Gasteiger partial charge in [-0.1, -0.05) is 39.5 Å². The molecule has 0 spiro atoms. The van der Waals surface area contributed by atoms with Crippen LogP contribution in [-0.2, 0) is 14.8 Å². The molecule has 1 rings (SSSR count). The molecule has 1 aliphatic rings. The van der Waals surface area contributed by atoms with Crippen molar-refractivity contribution in [3.8, 4) is 0 Å². The molecule has 0 radical (unpaired) electrons. The van der Waals surface area contributed by atoms with Crippen molar-refractivity contribution in [2.24, 2.45) is 0 Å². The van der Waals surface area contributed by atoms with Crippen LogP contribution in [0.5, 0.6) is 0 Å². The zero-order valence-corrected chi connectivity index (χ0v) is 16.0. The van der Waals surface area contributed by atoms with E-state index in [2.05, 4.69) is 10.6 Å². The van der Waals surface area contributed by atoms with Gasteiger partial charge < -0.3 is 10.6 Å². The van der Waals surface area contributed by atoms with Crippen molar-refractivity contribution < 1.29 is 13.2 Å². The van der Waals surface area contributed by atoms with Gasteiger partial charge in [-0.05, 0) is 12.8 Å². The summed E-state index contributed by atoms with van der Waals surface area (Å²) in [6.07, 6.45) is 7.57. The van der Waals surface area contributed by atoms with Crippen LogP contribution in [0.1, 0.15) is 52.4 Å². The van der Waals surface area contributed by atoms with Gasteiger partial charge >= 0.3 is 0 Å². The van der Waals surface area contributed by atoms with Crippen molar-refractivity contribution >= 4 is 28.3 Å². The van der Waals surface area contributed by atoms with Gasteiger partial charge in [0, 0.05) is 32.2 Å². The Bertz CT molecular complexity index is 420. The lowest BCUT2D eigenvalue weighted by molar-refractivity contribution is -0.118. The normalized spacial score (nSPS) is 16.7. The van der Waals surface area contributed by atoms with E-state index in [0.29, 0.717) is 32.2 Å². The quantitative estimate of drug-likeness (QED) is 0.477. The van der Waals surface area contributed by atoms with Gasteiger partial charge in [-0.15, -0.1) is 12.4 Å². The molecular weight excluding hydrogens is 338 g/mol. The van der Waals surface area contributed by atoms with Crippen LogP contribution in [0.25, 0.3) is 0 Å². The van der Waals surface area contributed by atoms with Crippen molar-refractivity contribution in [1.82, 2.24) is 14.9 Å². The highest BCUT2D eigenvalue weighted by Gasteiger charge is 2.22. The summed E-state index contributed by atoms with van der Waals surface area (Å²) in [5.74, 6) is -0.882. The Morgan fingerprint density at radius 2 is 1.61 bits per heavy atom. The first-order valence-electron chi connectivity index (χ1n) is 8.47. The van der Waals surface area contributed by atoms with Gasteiger partial charge in [0.05, 0.1) is 0 Å². The van der Waals surface area contributed by atoms with Crippen LogP contribution >= 0.6 is 12.4 Å². The molecule has 0 aromatic rings. The Morgan fingerprint density at radius 1 is 1.04 bits per heavy atom. The molecule has 1 amide bonds. The van der Waals surface area contributed by atoms with Gasteiger partial charge in [0.15, 0.2) is 0 Å². The van der Waals surface area contributed by atoms with E-state index in [4.69, 9.17) is 0 Å². The van der Waals surface area contributed by atoms with Crippen molar-refractivity contribution in [2.75, 3.05) is 31.9 Å². The molecule has 0 aromatic carbocycles. The zero-order chi connectivity index (χ0) is 16.4. The molecule has 6 nitrogen and oxygen atoms in total. The van der Waals surface area contributed by atoms with Crippen molar-refractivity contribution in [1.29, 1.82) is 0 Å². The van der Waals surface area contributed by atoms with Crippen LogP contribution in [0.15, 0.2) is 0 Å². The molecule has 0 aliphatic heterocycles. The number of hydrogen-bond acceptors (Lipinski definition) is 4. The third-order valence-electron chi connectivity index (χ3n) is 4.15. The maximum absolute atomic E-state index is 12.0. The van der Waals surface area contributed by atoms with Crippen molar-refractivity contribution in [3.63, 3.8) is 0 Å². The van der Waals surface area contributed by atoms with Crippen LogP contribution < -0.4 is 10.6 Å². The number of amides is 1. The highest BCUT2D eigenvalue weighted by molar-refractivity contribution is 7.89. The van der Waals surface area contributed by atoms with Gasteiger partial charge in [0.25, 0.3) is 0 Å². The minimum absolute atomic E-state index is 0. The van der Waals surface area contributed by atoms with Crippen molar-refractivity contribution in [3.05, 3.63) is 0 Å². The average molecular weight is 370 g/mol. The molecule has 8 heteroatoms. The Hall–Kier alpha value is -0.370. The van der Waals surface area contributed by atoms with Gasteiger partial charge in [-0.2, -0.15) is 0 Å². The fraction of sp³-hybridized carbons (Fsp3) is 0.933. The second kappa shape index (κ2) is 12.1. The molecule has 138 valence electrons. The Morgan fingerprint density at radius 3 is 2.13 bits per heavy atom. The lowest BCUT2D eigenvalue weighted by Gasteiger charge is -2.18. The van der Waals surface area contributed by atoms with E-state index in [1.165, 1.54) is 42.8 Å².